The van der Waals surface area contributed by atoms with Crippen molar-refractivity contribution in [3.63, 3.8) is 0 Å². The first kappa shape index (κ1) is 25.7. The van der Waals surface area contributed by atoms with Gasteiger partial charge in [0.1, 0.15) is 0 Å². The quantitative estimate of drug-likeness (QED) is 0.368. The molecule has 3 N–H and O–H groups in total. The fraction of sp³-hybridized carbons (Fsp3) is 0.0870. The summed E-state index contributed by atoms with van der Waals surface area (Å²) in [5.41, 5.74) is 4.07. The van der Waals surface area contributed by atoms with Gasteiger partial charge < -0.3 is 5.11 Å². The molecule has 1 heterocycles. The summed E-state index contributed by atoms with van der Waals surface area (Å²) in [5.74, 6) is -1.42. The van der Waals surface area contributed by atoms with Gasteiger partial charge in [-0.05, 0) is 62.4 Å². The van der Waals surface area contributed by atoms with E-state index in [0.717, 1.165) is 11.1 Å². The van der Waals surface area contributed by atoms with E-state index in [4.69, 9.17) is 0 Å². The normalized spacial score (nSPS) is 15.8. The number of benzene rings is 3. The van der Waals surface area contributed by atoms with E-state index < -0.39 is 37.0 Å². The first-order valence-corrected chi connectivity index (χ1v) is 14.1. The molecule has 0 fully saturated rings. The molecule has 0 saturated carbocycles. The van der Waals surface area contributed by atoms with E-state index in [1.54, 1.807) is 50.2 Å². The Bertz CT molecular complexity index is 1550. The fourth-order valence-electron chi connectivity index (χ4n) is 3.36. The van der Waals surface area contributed by atoms with Crippen LogP contribution in [0.25, 0.3) is 0 Å². The highest BCUT2D eigenvalue weighted by Crippen LogP contribution is 2.34. The second-order valence-corrected chi connectivity index (χ2v) is 12.2. The van der Waals surface area contributed by atoms with Crippen LogP contribution >= 0.6 is 15.9 Å². The van der Waals surface area contributed by atoms with Crippen molar-refractivity contribution in [3.8, 4) is 0 Å². The number of aryl methyl sites for hydroxylation is 2. The van der Waals surface area contributed by atoms with Crippen molar-refractivity contribution < 1.29 is 26.7 Å². The SMILES string of the molecule is Cc1ccc(N2C(O)=C(NNS(=O)(=O)c3ccc(C)cc3)N(c3ccc(Br)cc3)C(=O)S2(=O)=O)cc1. The molecule has 13 heteroatoms. The number of anilines is 2. The van der Waals surface area contributed by atoms with Gasteiger partial charge in [0.15, 0.2) is 5.82 Å². The van der Waals surface area contributed by atoms with Crippen LogP contribution in [0.15, 0.2) is 93.9 Å². The minimum absolute atomic E-state index is 0.0115. The second-order valence-electron chi connectivity index (χ2n) is 7.90. The topological polar surface area (TPSA) is 136 Å². The summed E-state index contributed by atoms with van der Waals surface area (Å²) in [5, 5.41) is 9.72. The highest BCUT2D eigenvalue weighted by atomic mass is 79.9. The highest BCUT2D eigenvalue weighted by molar-refractivity contribution is 9.10. The molecule has 0 radical (unpaired) electrons. The van der Waals surface area contributed by atoms with Gasteiger partial charge in [-0.15, -0.1) is 4.83 Å². The van der Waals surface area contributed by atoms with Crippen LogP contribution < -0.4 is 19.5 Å². The van der Waals surface area contributed by atoms with Gasteiger partial charge in [0.25, 0.3) is 10.0 Å². The van der Waals surface area contributed by atoms with Crippen molar-refractivity contribution in [1.29, 1.82) is 0 Å². The maximum atomic E-state index is 13.3. The molecule has 3 aromatic carbocycles. The summed E-state index contributed by atoms with van der Waals surface area (Å²) >= 11 is 3.27. The number of aliphatic hydroxyl groups is 1. The molecule has 0 spiro atoms. The number of nitrogens with zero attached hydrogens (tertiary/aromatic N) is 2. The van der Waals surface area contributed by atoms with Crippen molar-refractivity contribution in [2.24, 2.45) is 0 Å². The standard InChI is InChI=1S/C23H21BrN4O6S2/c1-15-3-9-19(10-4-15)28-22(29)21(25-26-35(31,32)20-13-5-16(2)6-14-20)27(23(30)36(28,33)34)18-11-7-17(24)8-12-18/h3-14,25-26,29H,1-2H3. The van der Waals surface area contributed by atoms with E-state index in [0.29, 0.717) is 13.7 Å². The number of nitrogens with one attached hydrogen (secondary N) is 2. The molecule has 1 aliphatic heterocycles. The zero-order valence-electron chi connectivity index (χ0n) is 19.0. The van der Waals surface area contributed by atoms with E-state index in [2.05, 4.69) is 26.2 Å². The number of aliphatic hydroxyl groups excluding tert-OH is 1. The molecule has 1 amide bonds. The summed E-state index contributed by atoms with van der Waals surface area (Å²) in [6.07, 6.45) is 0. The Morgan fingerprint density at radius 3 is 1.89 bits per heavy atom. The van der Waals surface area contributed by atoms with Crippen LogP contribution in [-0.2, 0) is 20.0 Å². The maximum Gasteiger partial charge on any atom is 0.370 e. The van der Waals surface area contributed by atoms with Gasteiger partial charge in [0.05, 0.1) is 16.3 Å². The van der Waals surface area contributed by atoms with Crippen molar-refractivity contribution in [2.45, 2.75) is 18.7 Å². The van der Waals surface area contributed by atoms with Gasteiger partial charge in [0.2, 0.25) is 5.88 Å². The summed E-state index contributed by atoms with van der Waals surface area (Å²) in [4.78, 5) is 16.0. The summed E-state index contributed by atoms with van der Waals surface area (Å²) in [6.45, 7) is 3.59. The Morgan fingerprint density at radius 2 is 1.33 bits per heavy atom. The van der Waals surface area contributed by atoms with Crippen LogP contribution in [0.4, 0.5) is 16.2 Å². The number of carbonyl (C=O) groups excluding carboxylic acids is 1. The smallest absolute Gasteiger partial charge is 0.370 e. The molecule has 3 aromatic rings. The molecule has 0 saturated heterocycles. The fourth-order valence-corrected chi connectivity index (χ4v) is 5.77. The van der Waals surface area contributed by atoms with Crippen LogP contribution in [0.2, 0.25) is 0 Å². The van der Waals surface area contributed by atoms with Crippen LogP contribution in [-0.4, -0.2) is 27.2 Å². The lowest BCUT2D eigenvalue weighted by atomic mass is 10.2. The van der Waals surface area contributed by atoms with E-state index in [1.807, 2.05) is 0 Å². The number of halogens is 1. The third-order valence-electron chi connectivity index (χ3n) is 5.26. The first-order valence-electron chi connectivity index (χ1n) is 10.4. The number of sulfonamides is 2. The molecule has 0 bridgehead atoms. The number of rotatable bonds is 6. The van der Waals surface area contributed by atoms with Crippen LogP contribution in [0.5, 0.6) is 0 Å². The summed E-state index contributed by atoms with van der Waals surface area (Å²) < 4.78 is 53.3. The number of hydrogen-bond acceptors (Lipinski definition) is 7. The minimum Gasteiger partial charge on any atom is -0.491 e. The number of hydrogen-bond donors (Lipinski definition) is 3. The average Bonchev–Trinajstić information content (AvgIpc) is 2.83. The van der Waals surface area contributed by atoms with Gasteiger partial charge in [-0.25, -0.2) is 13.3 Å². The first-order chi connectivity index (χ1) is 16.9. The van der Waals surface area contributed by atoms with E-state index in [9.17, 15) is 26.7 Å². The predicted molar refractivity (Wildman–Crippen MR) is 139 cm³/mol. The largest absolute Gasteiger partial charge is 0.491 e. The molecule has 0 atom stereocenters. The van der Waals surface area contributed by atoms with E-state index in [-0.39, 0.29) is 16.3 Å². The summed E-state index contributed by atoms with van der Waals surface area (Å²) in [7, 11) is -8.95. The van der Waals surface area contributed by atoms with Crippen molar-refractivity contribution in [1.82, 2.24) is 10.3 Å². The molecule has 1 aliphatic rings. The minimum atomic E-state index is -4.78. The van der Waals surface area contributed by atoms with Gasteiger partial charge in [0, 0.05) is 4.47 Å². The molecule has 10 nitrogen and oxygen atoms in total. The molecule has 36 heavy (non-hydrogen) atoms. The summed E-state index contributed by atoms with van der Waals surface area (Å²) in [6, 6.07) is 18.0. The zero-order chi connectivity index (χ0) is 26.3. The number of amides is 1. The molecule has 4 rings (SSSR count). The maximum absolute atomic E-state index is 13.3. The van der Waals surface area contributed by atoms with Gasteiger partial charge in [-0.2, -0.15) is 12.7 Å². The Hall–Kier alpha value is -3.39. The third kappa shape index (κ3) is 4.82. The van der Waals surface area contributed by atoms with Crippen LogP contribution in [0.3, 0.4) is 0 Å². The van der Waals surface area contributed by atoms with Gasteiger partial charge in [-0.1, -0.05) is 51.3 Å². The zero-order valence-corrected chi connectivity index (χ0v) is 22.2. The van der Waals surface area contributed by atoms with Gasteiger partial charge in [-0.3, -0.25) is 10.2 Å². The average molecular weight is 593 g/mol. The van der Waals surface area contributed by atoms with Crippen molar-refractivity contribution in [2.75, 3.05) is 9.21 Å². The third-order valence-corrected chi connectivity index (χ3v) is 8.54. The molecular weight excluding hydrogens is 572 g/mol. The predicted octanol–water partition coefficient (Wildman–Crippen LogP) is 4.01. The highest BCUT2D eigenvalue weighted by Gasteiger charge is 2.47. The Kier molecular flexibility index (Phi) is 6.84. The monoisotopic (exact) mass is 592 g/mol. The Balaban J connectivity index is 1.84. The van der Waals surface area contributed by atoms with E-state index in [1.165, 1.54) is 36.4 Å². The van der Waals surface area contributed by atoms with Crippen LogP contribution in [0, 0.1) is 13.8 Å². The number of carbonyl (C=O) groups is 1. The van der Waals surface area contributed by atoms with Gasteiger partial charge >= 0.3 is 15.3 Å². The molecule has 0 aliphatic carbocycles. The lowest BCUT2D eigenvalue weighted by Gasteiger charge is -2.35. The molecule has 0 unspecified atom stereocenters. The van der Waals surface area contributed by atoms with Crippen molar-refractivity contribution in [3.05, 3.63) is 100 Å². The van der Waals surface area contributed by atoms with E-state index >= 15 is 0 Å². The Labute approximate surface area is 217 Å². The lowest BCUT2D eigenvalue weighted by Crippen LogP contribution is -2.55. The molecular formula is C23H21BrN4O6S2. The Morgan fingerprint density at radius 1 is 0.833 bits per heavy atom. The second kappa shape index (κ2) is 9.58. The number of hydrazine groups is 1. The molecule has 0 aromatic heterocycles. The van der Waals surface area contributed by atoms with Crippen LogP contribution in [0.1, 0.15) is 11.1 Å². The molecule has 188 valence electrons. The lowest BCUT2D eigenvalue weighted by molar-refractivity contribution is 0.261. The van der Waals surface area contributed by atoms with Crippen molar-refractivity contribution >= 4 is 52.6 Å².